The van der Waals surface area contributed by atoms with Gasteiger partial charge in [0.25, 0.3) is 5.91 Å². The van der Waals surface area contributed by atoms with Gasteiger partial charge in [-0.25, -0.2) is 0 Å². The molecule has 0 fully saturated rings. The first-order chi connectivity index (χ1) is 11.9. The SMILES string of the molecule is COc1ccc(Cl)cc1C(=O)/N=c1\sc(C(C)(C)C)cn1CC(C)(C)C. The van der Waals surface area contributed by atoms with Crippen LogP contribution in [0.1, 0.15) is 56.8 Å². The predicted molar refractivity (Wildman–Crippen MR) is 108 cm³/mol. The number of carbonyl (C=O) groups is 1. The second-order valence-corrected chi connectivity index (χ2v) is 10.0. The van der Waals surface area contributed by atoms with E-state index in [-0.39, 0.29) is 16.7 Å². The zero-order valence-electron chi connectivity index (χ0n) is 16.5. The maximum Gasteiger partial charge on any atom is 0.283 e. The molecule has 2 aromatic rings. The molecule has 0 saturated heterocycles. The fourth-order valence-electron chi connectivity index (χ4n) is 2.43. The average Bonchev–Trinajstić information content (AvgIpc) is 2.88. The number of carbonyl (C=O) groups excluding carboxylic acids is 1. The van der Waals surface area contributed by atoms with Crippen LogP contribution in [-0.4, -0.2) is 17.6 Å². The van der Waals surface area contributed by atoms with Crippen molar-refractivity contribution >= 4 is 28.8 Å². The quantitative estimate of drug-likeness (QED) is 0.709. The van der Waals surface area contributed by atoms with Crippen molar-refractivity contribution in [2.45, 2.75) is 53.5 Å². The lowest BCUT2D eigenvalue weighted by Crippen LogP contribution is -2.24. The van der Waals surface area contributed by atoms with E-state index < -0.39 is 0 Å². The molecule has 0 atom stereocenters. The van der Waals surface area contributed by atoms with Crippen molar-refractivity contribution in [3.05, 3.63) is 44.7 Å². The molecule has 0 unspecified atom stereocenters. The minimum absolute atomic E-state index is 0.00510. The summed E-state index contributed by atoms with van der Waals surface area (Å²) in [6.45, 7) is 13.8. The number of benzene rings is 1. The van der Waals surface area contributed by atoms with Crippen LogP contribution >= 0.6 is 22.9 Å². The number of rotatable bonds is 3. The highest BCUT2D eigenvalue weighted by Crippen LogP contribution is 2.27. The molecule has 1 aromatic carbocycles. The number of halogens is 1. The molecule has 1 amide bonds. The van der Waals surface area contributed by atoms with Crippen LogP contribution in [0.2, 0.25) is 5.02 Å². The fraction of sp³-hybridized carbons (Fsp3) is 0.500. The van der Waals surface area contributed by atoms with Crippen LogP contribution in [0.25, 0.3) is 0 Å². The first-order valence-corrected chi connectivity index (χ1v) is 9.73. The van der Waals surface area contributed by atoms with Crippen LogP contribution in [-0.2, 0) is 12.0 Å². The molecule has 0 aliphatic heterocycles. The van der Waals surface area contributed by atoms with Crippen LogP contribution in [0.4, 0.5) is 0 Å². The number of thiazole rings is 1. The smallest absolute Gasteiger partial charge is 0.283 e. The zero-order valence-corrected chi connectivity index (χ0v) is 18.1. The molecule has 0 aliphatic carbocycles. The van der Waals surface area contributed by atoms with Gasteiger partial charge in [-0.05, 0) is 29.0 Å². The molecule has 0 bridgehead atoms. The molecule has 1 heterocycles. The van der Waals surface area contributed by atoms with Crippen LogP contribution in [0.5, 0.6) is 5.75 Å². The van der Waals surface area contributed by atoms with E-state index in [4.69, 9.17) is 16.3 Å². The van der Waals surface area contributed by atoms with Crippen molar-refractivity contribution in [3.8, 4) is 5.75 Å². The maximum absolute atomic E-state index is 12.8. The van der Waals surface area contributed by atoms with Gasteiger partial charge in [-0.15, -0.1) is 11.3 Å². The maximum atomic E-state index is 12.8. The number of hydrogen-bond acceptors (Lipinski definition) is 3. The minimum atomic E-state index is -0.352. The van der Waals surface area contributed by atoms with Gasteiger partial charge in [0.2, 0.25) is 0 Å². The van der Waals surface area contributed by atoms with Crippen molar-refractivity contribution < 1.29 is 9.53 Å². The largest absolute Gasteiger partial charge is 0.496 e. The second-order valence-electron chi connectivity index (χ2n) is 8.58. The van der Waals surface area contributed by atoms with E-state index in [0.717, 1.165) is 6.54 Å². The molecular formula is C20H27ClN2O2S. The summed E-state index contributed by atoms with van der Waals surface area (Å²) < 4.78 is 7.36. The first kappa shape index (κ1) is 20.7. The van der Waals surface area contributed by atoms with Gasteiger partial charge in [0, 0.05) is 22.6 Å². The summed E-state index contributed by atoms with van der Waals surface area (Å²) >= 11 is 7.60. The third-order valence-electron chi connectivity index (χ3n) is 3.69. The highest BCUT2D eigenvalue weighted by Gasteiger charge is 2.21. The third-order valence-corrected chi connectivity index (χ3v) is 5.37. The van der Waals surface area contributed by atoms with Gasteiger partial charge in [0.05, 0.1) is 12.7 Å². The van der Waals surface area contributed by atoms with E-state index in [1.54, 1.807) is 29.5 Å². The summed E-state index contributed by atoms with van der Waals surface area (Å²) in [6, 6.07) is 4.97. The van der Waals surface area contributed by atoms with Crippen molar-refractivity contribution in [2.75, 3.05) is 7.11 Å². The molecule has 0 aliphatic rings. The van der Waals surface area contributed by atoms with Gasteiger partial charge in [-0.3, -0.25) is 4.79 Å². The molecule has 4 nitrogen and oxygen atoms in total. The Morgan fingerprint density at radius 3 is 2.42 bits per heavy atom. The van der Waals surface area contributed by atoms with Crippen molar-refractivity contribution in [2.24, 2.45) is 10.4 Å². The van der Waals surface area contributed by atoms with E-state index in [1.807, 2.05) is 0 Å². The van der Waals surface area contributed by atoms with E-state index in [0.29, 0.717) is 21.1 Å². The molecule has 142 valence electrons. The van der Waals surface area contributed by atoms with Gasteiger partial charge in [-0.1, -0.05) is 53.1 Å². The molecule has 6 heteroatoms. The van der Waals surface area contributed by atoms with Crippen LogP contribution in [0.15, 0.2) is 29.4 Å². The average molecular weight is 395 g/mol. The number of methoxy groups -OCH3 is 1. The topological polar surface area (TPSA) is 43.6 Å². The number of aromatic nitrogens is 1. The Bertz CT molecular complexity index is 867. The molecule has 0 saturated carbocycles. The van der Waals surface area contributed by atoms with Crippen LogP contribution < -0.4 is 9.54 Å². The summed E-state index contributed by atoms with van der Waals surface area (Å²) in [6.07, 6.45) is 2.11. The normalized spacial score (nSPS) is 13.2. The monoisotopic (exact) mass is 394 g/mol. The summed E-state index contributed by atoms with van der Waals surface area (Å²) in [5.74, 6) is 0.118. The second kappa shape index (κ2) is 7.57. The molecule has 2 rings (SSSR count). The van der Waals surface area contributed by atoms with E-state index in [9.17, 15) is 4.79 Å². The molecule has 26 heavy (non-hydrogen) atoms. The van der Waals surface area contributed by atoms with Crippen molar-refractivity contribution in [3.63, 3.8) is 0 Å². The number of hydrogen-bond donors (Lipinski definition) is 0. The molecule has 0 spiro atoms. The minimum Gasteiger partial charge on any atom is -0.496 e. The third kappa shape index (κ3) is 5.21. The van der Waals surface area contributed by atoms with Crippen LogP contribution in [0.3, 0.4) is 0 Å². The summed E-state index contributed by atoms with van der Waals surface area (Å²) in [7, 11) is 1.53. The lowest BCUT2D eigenvalue weighted by Gasteiger charge is -2.19. The Labute approximate surface area is 164 Å². The van der Waals surface area contributed by atoms with Gasteiger partial charge in [0.15, 0.2) is 4.80 Å². The van der Waals surface area contributed by atoms with E-state index in [2.05, 4.69) is 57.3 Å². The lowest BCUT2D eigenvalue weighted by molar-refractivity contribution is 0.0994. The highest BCUT2D eigenvalue weighted by atomic mass is 35.5. The molecule has 1 aromatic heterocycles. The Morgan fingerprint density at radius 1 is 1.23 bits per heavy atom. The summed E-state index contributed by atoms with van der Waals surface area (Å²) in [5, 5.41) is 0.480. The number of amides is 1. The van der Waals surface area contributed by atoms with E-state index >= 15 is 0 Å². The van der Waals surface area contributed by atoms with Crippen LogP contribution in [0, 0.1) is 5.41 Å². The van der Waals surface area contributed by atoms with Gasteiger partial charge < -0.3 is 9.30 Å². The zero-order chi connectivity index (χ0) is 19.7. The lowest BCUT2D eigenvalue weighted by atomic mass is 9.95. The van der Waals surface area contributed by atoms with Crippen molar-refractivity contribution in [1.29, 1.82) is 0 Å². The first-order valence-electron chi connectivity index (χ1n) is 8.54. The predicted octanol–water partition coefficient (Wildman–Crippen LogP) is 5.30. The van der Waals surface area contributed by atoms with Gasteiger partial charge in [0.1, 0.15) is 5.75 Å². The Morgan fingerprint density at radius 2 is 1.88 bits per heavy atom. The molecule has 0 N–H and O–H groups in total. The molecular weight excluding hydrogens is 368 g/mol. The Hall–Kier alpha value is -1.59. The highest BCUT2D eigenvalue weighted by molar-refractivity contribution is 7.09. The Kier molecular flexibility index (Phi) is 6.03. The standard InChI is InChI=1S/C20H27ClN2O2S/c1-19(2,3)12-23-11-16(20(4,5)6)26-18(23)22-17(24)14-10-13(21)8-9-15(14)25-7/h8-11H,12H2,1-7H3/b22-18-. The van der Waals surface area contributed by atoms with E-state index in [1.165, 1.54) is 12.0 Å². The van der Waals surface area contributed by atoms with Gasteiger partial charge in [-0.2, -0.15) is 4.99 Å². The number of nitrogens with zero attached hydrogens (tertiary/aromatic N) is 2. The number of ether oxygens (including phenoxy) is 1. The Balaban J connectivity index is 2.57. The fourth-order valence-corrected chi connectivity index (χ4v) is 3.65. The summed E-state index contributed by atoms with van der Waals surface area (Å²) in [5.41, 5.74) is 0.435. The van der Waals surface area contributed by atoms with Crippen molar-refractivity contribution in [1.82, 2.24) is 4.57 Å². The molecule has 0 radical (unpaired) electrons. The van der Waals surface area contributed by atoms with Gasteiger partial charge >= 0.3 is 0 Å². The summed E-state index contributed by atoms with van der Waals surface area (Å²) in [4.78, 5) is 19.1.